The highest BCUT2D eigenvalue weighted by Crippen LogP contribution is 2.26. The summed E-state index contributed by atoms with van der Waals surface area (Å²) in [7, 11) is 1.63. The van der Waals surface area contributed by atoms with Crippen LogP contribution in [0.1, 0.15) is 5.56 Å². The number of benzene rings is 2. The summed E-state index contributed by atoms with van der Waals surface area (Å²) in [6.07, 6.45) is 0. The van der Waals surface area contributed by atoms with E-state index in [0.717, 1.165) is 27.8 Å². The van der Waals surface area contributed by atoms with Gasteiger partial charge in [-0.05, 0) is 42.8 Å². The second-order valence-corrected chi connectivity index (χ2v) is 5.64. The lowest BCUT2D eigenvalue weighted by Crippen LogP contribution is -1.95. The second kappa shape index (κ2) is 5.21. The molecule has 0 amide bonds. The molecule has 23 heavy (non-hydrogen) atoms. The van der Waals surface area contributed by atoms with Gasteiger partial charge in [-0.25, -0.2) is 9.97 Å². The Morgan fingerprint density at radius 1 is 1.09 bits per heavy atom. The molecule has 0 N–H and O–H groups in total. The van der Waals surface area contributed by atoms with Crippen molar-refractivity contribution < 1.29 is 4.74 Å². The zero-order valence-corrected chi connectivity index (χ0v) is 13.4. The first-order valence-electron chi connectivity index (χ1n) is 7.13. The number of hydrogen-bond acceptors (Lipinski definition) is 4. The van der Waals surface area contributed by atoms with Gasteiger partial charge in [0, 0.05) is 10.9 Å². The van der Waals surface area contributed by atoms with E-state index in [0.29, 0.717) is 11.5 Å². The van der Waals surface area contributed by atoms with Crippen LogP contribution >= 0.6 is 11.6 Å². The van der Waals surface area contributed by atoms with Crippen molar-refractivity contribution in [3.8, 4) is 17.1 Å². The number of aryl methyl sites for hydroxylation is 1. The van der Waals surface area contributed by atoms with Crippen LogP contribution in [0.5, 0.6) is 5.75 Å². The van der Waals surface area contributed by atoms with E-state index in [4.69, 9.17) is 16.3 Å². The molecule has 0 fully saturated rings. The van der Waals surface area contributed by atoms with Crippen LogP contribution in [0, 0.1) is 6.92 Å². The molecule has 0 radical (unpaired) electrons. The van der Waals surface area contributed by atoms with Crippen LogP contribution in [-0.2, 0) is 0 Å². The molecule has 2 heterocycles. The molecule has 4 rings (SSSR count). The number of ether oxygens (including phenoxy) is 1. The third-order valence-electron chi connectivity index (χ3n) is 3.72. The summed E-state index contributed by atoms with van der Waals surface area (Å²) in [6, 6.07) is 13.6. The number of fused-ring (bicyclic) bond motifs is 3. The van der Waals surface area contributed by atoms with Crippen molar-refractivity contribution in [3.63, 3.8) is 0 Å². The van der Waals surface area contributed by atoms with Crippen LogP contribution in [0.2, 0.25) is 5.28 Å². The van der Waals surface area contributed by atoms with Crippen molar-refractivity contribution in [3.05, 3.63) is 53.3 Å². The number of hydrogen-bond donors (Lipinski definition) is 0. The van der Waals surface area contributed by atoms with Crippen molar-refractivity contribution in [1.29, 1.82) is 0 Å². The van der Waals surface area contributed by atoms with E-state index in [9.17, 15) is 0 Å². The smallest absolute Gasteiger partial charge is 0.226 e. The van der Waals surface area contributed by atoms with Crippen molar-refractivity contribution in [2.75, 3.05) is 7.11 Å². The lowest BCUT2D eigenvalue weighted by atomic mass is 10.1. The van der Waals surface area contributed by atoms with Gasteiger partial charge in [0.25, 0.3) is 0 Å². The summed E-state index contributed by atoms with van der Waals surface area (Å²) in [5.74, 6) is 1.34. The highest BCUT2D eigenvalue weighted by molar-refractivity contribution is 6.29. The first-order valence-corrected chi connectivity index (χ1v) is 7.50. The molecule has 4 aromatic rings. The average molecular weight is 325 g/mol. The highest BCUT2D eigenvalue weighted by Gasteiger charge is 2.14. The molecular formula is C17H13ClN4O. The molecule has 2 aromatic carbocycles. The maximum absolute atomic E-state index is 6.26. The Morgan fingerprint density at radius 2 is 1.96 bits per heavy atom. The third-order valence-corrected chi connectivity index (χ3v) is 3.96. The Bertz CT molecular complexity index is 1040. The predicted molar refractivity (Wildman–Crippen MR) is 90.0 cm³/mol. The summed E-state index contributed by atoms with van der Waals surface area (Å²) in [5.41, 5.74) is 3.50. The van der Waals surface area contributed by atoms with Crippen LogP contribution < -0.4 is 4.74 Å². The molecule has 0 aliphatic carbocycles. The Morgan fingerprint density at radius 3 is 2.78 bits per heavy atom. The Hall–Kier alpha value is -2.66. The van der Waals surface area contributed by atoms with Gasteiger partial charge in [0.2, 0.25) is 5.28 Å². The normalized spacial score (nSPS) is 11.3. The third kappa shape index (κ3) is 2.29. The molecule has 0 aliphatic heterocycles. The zero-order valence-electron chi connectivity index (χ0n) is 12.6. The minimum Gasteiger partial charge on any atom is -0.497 e. The van der Waals surface area contributed by atoms with Gasteiger partial charge in [-0.3, -0.25) is 0 Å². The lowest BCUT2D eigenvalue weighted by Gasteiger charge is -2.01. The van der Waals surface area contributed by atoms with E-state index in [-0.39, 0.29) is 5.28 Å². The number of halogens is 1. The summed E-state index contributed by atoms with van der Waals surface area (Å²) in [6.45, 7) is 2.03. The molecule has 0 unspecified atom stereocenters. The zero-order chi connectivity index (χ0) is 16.0. The molecule has 6 heteroatoms. The van der Waals surface area contributed by atoms with Crippen LogP contribution in [0.4, 0.5) is 0 Å². The Balaban J connectivity index is 2.01. The van der Waals surface area contributed by atoms with Crippen molar-refractivity contribution in [2.24, 2.45) is 0 Å². The number of methoxy groups -OCH3 is 1. The molecular weight excluding hydrogens is 312 g/mol. The van der Waals surface area contributed by atoms with E-state index in [1.165, 1.54) is 0 Å². The van der Waals surface area contributed by atoms with Gasteiger partial charge in [0.15, 0.2) is 11.5 Å². The maximum atomic E-state index is 6.26. The molecule has 2 aromatic heterocycles. The molecule has 0 saturated carbocycles. The van der Waals surface area contributed by atoms with E-state index >= 15 is 0 Å². The molecule has 0 bridgehead atoms. The van der Waals surface area contributed by atoms with Gasteiger partial charge >= 0.3 is 0 Å². The fraction of sp³-hybridized carbons (Fsp3) is 0.118. The minimum absolute atomic E-state index is 0.290. The summed E-state index contributed by atoms with van der Waals surface area (Å²) in [4.78, 5) is 9.05. The van der Waals surface area contributed by atoms with Crippen molar-refractivity contribution >= 4 is 28.2 Å². The standard InChI is InChI=1S/C17H13ClN4O/c1-10-6-7-14-13(8-10)16-20-15(21-22(16)17(18)19-14)11-4-3-5-12(9-11)23-2/h3-9H,1-2H3. The minimum atomic E-state index is 0.290. The van der Waals surface area contributed by atoms with Gasteiger partial charge in [-0.1, -0.05) is 23.8 Å². The van der Waals surface area contributed by atoms with Gasteiger partial charge in [0.1, 0.15) is 5.75 Å². The fourth-order valence-electron chi connectivity index (χ4n) is 2.57. The summed E-state index contributed by atoms with van der Waals surface area (Å²) >= 11 is 6.26. The highest BCUT2D eigenvalue weighted by atomic mass is 35.5. The molecule has 0 saturated heterocycles. The number of aromatic nitrogens is 4. The van der Waals surface area contributed by atoms with E-state index < -0.39 is 0 Å². The van der Waals surface area contributed by atoms with E-state index in [1.807, 2.05) is 49.4 Å². The predicted octanol–water partition coefficient (Wildman–Crippen LogP) is 3.91. The molecule has 0 spiro atoms. The maximum Gasteiger partial charge on any atom is 0.226 e. The number of nitrogens with zero attached hydrogens (tertiary/aromatic N) is 4. The lowest BCUT2D eigenvalue weighted by molar-refractivity contribution is 0.415. The largest absolute Gasteiger partial charge is 0.497 e. The van der Waals surface area contributed by atoms with Crippen LogP contribution in [0.25, 0.3) is 27.9 Å². The molecule has 0 aliphatic rings. The Labute approximate surface area is 137 Å². The fourth-order valence-corrected chi connectivity index (χ4v) is 2.78. The Kier molecular flexibility index (Phi) is 3.16. The SMILES string of the molecule is COc1cccc(-c2nc3c4cc(C)ccc4nc(Cl)n3n2)c1. The summed E-state index contributed by atoms with van der Waals surface area (Å²) < 4.78 is 6.83. The molecule has 0 atom stereocenters. The van der Waals surface area contributed by atoms with Crippen LogP contribution in [-0.4, -0.2) is 26.7 Å². The number of rotatable bonds is 2. The van der Waals surface area contributed by atoms with Crippen molar-refractivity contribution in [2.45, 2.75) is 6.92 Å². The summed E-state index contributed by atoms with van der Waals surface area (Å²) in [5, 5.41) is 5.71. The van der Waals surface area contributed by atoms with E-state index in [1.54, 1.807) is 11.6 Å². The van der Waals surface area contributed by atoms with Gasteiger partial charge in [-0.2, -0.15) is 4.52 Å². The van der Waals surface area contributed by atoms with Crippen LogP contribution in [0.15, 0.2) is 42.5 Å². The first kappa shape index (κ1) is 14.0. The monoisotopic (exact) mass is 324 g/mol. The second-order valence-electron chi connectivity index (χ2n) is 5.30. The topological polar surface area (TPSA) is 52.3 Å². The molecule has 5 nitrogen and oxygen atoms in total. The van der Waals surface area contributed by atoms with Crippen molar-refractivity contribution in [1.82, 2.24) is 19.6 Å². The van der Waals surface area contributed by atoms with E-state index in [2.05, 4.69) is 15.1 Å². The first-order chi connectivity index (χ1) is 11.2. The quantitative estimate of drug-likeness (QED) is 0.524. The average Bonchev–Trinajstić information content (AvgIpc) is 3.02. The van der Waals surface area contributed by atoms with Gasteiger partial charge in [0.05, 0.1) is 12.6 Å². The molecule has 114 valence electrons. The van der Waals surface area contributed by atoms with Gasteiger partial charge < -0.3 is 4.74 Å². The van der Waals surface area contributed by atoms with Crippen LogP contribution in [0.3, 0.4) is 0 Å². The van der Waals surface area contributed by atoms with Gasteiger partial charge in [-0.15, -0.1) is 5.10 Å².